The van der Waals surface area contributed by atoms with Gasteiger partial charge in [0.1, 0.15) is 11.4 Å². The highest BCUT2D eigenvalue weighted by molar-refractivity contribution is 8.00. The van der Waals surface area contributed by atoms with E-state index in [-0.39, 0.29) is 11.2 Å². The van der Waals surface area contributed by atoms with Crippen LogP contribution in [0.25, 0.3) is 5.69 Å². The summed E-state index contributed by atoms with van der Waals surface area (Å²) in [5, 5.41) is 12.3. The Morgan fingerprint density at radius 1 is 1.30 bits per heavy atom. The predicted molar refractivity (Wildman–Crippen MR) is 104 cm³/mol. The molecule has 1 aliphatic rings. The molecule has 1 fully saturated rings. The molecule has 27 heavy (non-hydrogen) atoms. The molecule has 1 amide bonds. The average Bonchev–Trinajstić information content (AvgIpc) is 3.15. The molecule has 0 N–H and O–H groups in total. The van der Waals surface area contributed by atoms with Crippen LogP contribution < -0.4 is 4.74 Å². The zero-order valence-corrected chi connectivity index (χ0v) is 17.1. The number of thioether (sulfide) groups is 1. The van der Waals surface area contributed by atoms with Crippen molar-refractivity contribution in [3.8, 4) is 11.4 Å². The molecular formula is C18H26N6O2S. The Morgan fingerprint density at radius 2 is 2.04 bits per heavy atom. The smallest absolute Gasteiger partial charge is 0.235 e. The van der Waals surface area contributed by atoms with E-state index in [9.17, 15) is 4.79 Å². The fourth-order valence-corrected chi connectivity index (χ4v) is 4.00. The van der Waals surface area contributed by atoms with Crippen LogP contribution in [-0.4, -0.2) is 81.0 Å². The highest BCUT2D eigenvalue weighted by Gasteiger charge is 2.27. The lowest BCUT2D eigenvalue weighted by Crippen LogP contribution is -2.50. The lowest BCUT2D eigenvalue weighted by atomic mass is 10.2. The van der Waals surface area contributed by atoms with E-state index in [0.29, 0.717) is 10.9 Å². The van der Waals surface area contributed by atoms with Crippen LogP contribution in [0.2, 0.25) is 0 Å². The van der Waals surface area contributed by atoms with Gasteiger partial charge in [0.05, 0.1) is 12.4 Å². The Hall–Kier alpha value is -2.13. The molecule has 9 heteroatoms. The molecule has 0 unspecified atom stereocenters. The van der Waals surface area contributed by atoms with E-state index in [2.05, 4.69) is 27.3 Å². The van der Waals surface area contributed by atoms with Crippen molar-refractivity contribution in [3.63, 3.8) is 0 Å². The molecule has 2 aromatic rings. The van der Waals surface area contributed by atoms with Gasteiger partial charge in [0.2, 0.25) is 11.1 Å². The highest BCUT2D eigenvalue weighted by Crippen LogP contribution is 2.29. The van der Waals surface area contributed by atoms with Crippen molar-refractivity contribution in [3.05, 3.63) is 23.8 Å². The monoisotopic (exact) mass is 390 g/mol. The van der Waals surface area contributed by atoms with Crippen molar-refractivity contribution >= 4 is 17.7 Å². The van der Waals surface area contributed by atoms with Crippen molar-refractivity contribution < 1.29 is 9.53 Å². The number of hydrogen-bond donors (Lipinski definition) is 0. The van der Waals surface area contributed by atoms with Crippen molar-refractivity contribution in [2.75, 3.05) is 39.8 Å². The van der Waals surface area contributed by atoms with Gasteiger partial charge in [0.15, 0.2) is 0 Å². The number of benzene rings is 1. The first-order chi connectivity index (χ1) is 13.0. The molecule has 1 atom stereocenters. The quantitative estimate of drug-likeness (QED) is 0.694. The number of carbonyl (C=O) groups excluding carboxylic acids is 1. The van der Waals surface area contributed by atoms with Gasteiger partial charge in [-0.2, -0.15) is 4.68 Å². The van der Waals surface area contributed by atoms with E-state index >= 15 is 0 Å². The summed E-state index contributed by atoms with van der Waals surface area (Å²) in [6.45, 7) is 10.5. The first-order valence-electron chi connectivity index (χ1n) is 9.14. The molecule has 8 nitrogen and oxygen atoms in total. The van der Waals surface area contributed by atoms with Gasteiger partial charge in [-0.05, 0) is 48.5 Å². The number of likely N-dealkylation sites (N-methyl/N-ethyl adjacent to an activating group) is 1. The highest BCUT2D eigenvalue weighted by atomic mass is 32.2. The second-order valence-electron chi connectivity index (χ2n) is 6.57. The van der Waals surface area contributed by atoms with Crippen LogP contribution >= 0.6 is 11.8 Å². The summed E-state index contributed by atoms with van der Waals surface area (Å²) >= 11 is 1.37. The summed E-state index contributed by atoms with van der Waals surface area (Å²) in [6, 6.07) is 5.83. The van der Waals surface area contributed by atoms with E-state index in [1.165, 1.54) is 11.8 Å². The summed E-state index contributed by atoms with van der Waals surface area (Å²) < 4.78 is 7.08. The number of rotatable bonds is 6. The molecule has 3 rings (SSSR count). The van der Waals surface area contributed by atoms with Gasteiger partial charge in [-0.3, -0.25) is 4.79 Å². The number of nitrogens with zero attached hydrogens (tertiary/aromatic N) is 6. The molecular weight excluding hydrogens is 364 g/mol. The third kappa shape index (κ3) is 4.41. The van der Waals surface area contributed by atoms with Crippen LogP contribution in [0, 0.1) is 6.92 Å². The van der Waals surface area contributed by atoms with Crippen LogP contribution in [0.5, 0.6) is 5.75 Å². The van der Waals surface area contributed by atoms with Crippen LogP contribution in [-0.2, 0) is 4.79 Å². The van der Waals surface area contributed by atoms with Gasteiger partial charge in [-0.25, -0.2) is 0 Å². The fraction of sp³-hybridized carbons (Fsp3) is 0.556. The number of piperazine rings is 1. The maximum absolute atomic E-state index is 12.8. The summed E-state index contributed by atoms with van der Waals surface area (Å²) in [4.78, 5) is 17.1. The second kappa shape index (κ2) is 8.71. The molecule has 2 heterocycles. The zero-order valence-electron chi connectivity index (χ0n) is 16.3. The molecule has 1 aromatic heterocycles. The SMILES string of the molecule is CCN1CCN(C(=O)[C@H](C)Sc2nnnn2-c2cc(C)ccc2OC)CC1. The molecule has 0 bridgehead atoms. The van der Waals surface area contributed by atoms with Gasteiger partial charge in [0, 0.05) is 26.2 Å². The Balaban J connectivity index is 1.73. The van der Waals surface area contributed by atoms with Gasteiger partial charge < -0.3 is 14.5 Å². The number of ether oxygens (including phenoxy) is 1. The topological polar surface area (TPSA) is 76.4 Å². The lowest BCUT2D eigenvalue weighted by Gasteiger charge is -2.35. The third-order valence-corrected chi connectivity index (χ3v) is 5.79. The second-order valence-corrected chi connectivity index (χ2v) is 7.88. The number of hydrogen-bond acceptors (Lipinski definition) is 7. The normalized spacial score (nSPS) is 16.4. The molecule has 0 saturated carbocycles. The molecule has 1 aliphatic heterocycles. The van der Waals surface area contributed by atoms with Gasteiger partial charge >= 0.3 is 0 Å². The van der Waals surface area contributed by atoms with Crippen molar-refractivity contribution in [2.45, 2.75) is 31.2 Å². The Morgan fingerprint density at radius 3 is 2.70 bits per heavy atom. The Bertz CT molecular complexity index is 788. The fourth-order valence-electron chi connectivity index (χ4n) is 3.12. The molecule has 0 radical (unpaired) electrons. The maximum Gasteiger partial charge on any atom is 0.235 e. The van der Waals surface area contributed by atoms with Gasteiger partial charge in [-0.15, -0.1) is 5.10 Å². The molecule has 0 spiro atoms. The standard InChI is InChI=1S/C18H26N6O2S/c1-5-22-8-10-23(11-9-22)17(25)14(3)27-18-19-20-21-24(18)15-12-13(2)6-7-16(15)26-4/h6-7,12,14H,5,8-11H2,1-4H3/t14-/m0/s1. The molecule has 0 aliphatic carbocycles. The van der Waals surface area contributed by atoms with Crippen LogP contribution in [0.15, 0.2) is 23.4 Å². The third-order valence-electron chi connectivity index (χ3n) is 4.76. The van der Waals surface area contributed by atoms with E-state index in [4.69, 9.17) is 4.74 Å². The first-order valence-corrected chi connectivity index (χ1v) is 10.0. The Labute approximate surface area is 163 Å². The summed E-state index contributed by atoms with van der Waals surface area (Å²) in [7, 11) is 1.62. The number of methoxy groups -OCH3 is 1. The molecule has 146 valence electrons. The summed E-state index contributed by atoms with van der Waals surface area (Å²) in [6.07, 6.45) is 0. The van der Waals surface area contributed by atoms with Gasteiger partial charge in [-0.1, -0.05) is 24.8 Å². The number of tetrazole rings is 1. The van der Waals surface area contributed by atoms with E-state index in [1.54, 1.807) is 11.8 Å². The van der Waals surface area contributed by atoms with E-state index in [1.807, 2.05) is 36.9 Å². The average molecular weight is 391 g/mol. The predicted octanol–water partition coefficient (Wildman–Crippen LogP) is 1.62. The Kier molecular flexibility index (Phi) is 6.33. The van der Waals surface area contributed by atoms with Crippen molar-refractivity contribution in [1.29, 1.82) is 0 Å². The minimum absolute atomic E-state index is 0.126. The first kappa shape index (κ1) is 19.6. The lowest BCUT2D eigenvalue weighted by molar-refractivity contribution is -0.132. The molecule has 1 saturated heterocycles. The number of carbonyl (C=O) groups is 1. The van der Waals surface area contributed by atoms with Crippen molar-refractivity contribution in [1.82, 2.24) is 30.0 Å². The maximum atomic E-state index is 12.8. The number of amides is 1. The minimum atomic E-state index is -0.265. The summed E-state index contributed by atoms with van der Waals surface area (Å²) in [5.74, 6) is 0.811. The number of aryl methyl sites for hydroxylation is 1. The zero-order chi connectivity index (χ0) is 19.4. The van der Waals surface area contributed by atoms with E-state index < -0.39 is 0 Å². The van der Waals surface area contributed by atoms with Crippen molar-refractivity contribution in [2.24, 2.45) is 0 Å². The number of aromatic nitrogens is 4. The van der Waals surface area contributed by atoms with E-state index in [0.717, 1.165) is 44.0 Å². The largest absolute Gasteiger partial charge is 0.494 e. The summed E-state index contributed by atoms with van der Waals surface area (Å²) in [5.41, 5.74) is 1.84. The van der Waals surface area contributed by atoms with Crippen LogP contribution in [0.4, 0.5) is 0 Å². The molecule has 1 aromatic carbocycles. The van der Waals surface area contributed by atoms with Gasteiger partial charge in [0.25, 0.3) is 0 Å². The van der Waals surface area contributed by atoms with Crippen LogP contribution in [0.1, 0.15) is 19.4 Å². The minimum Gasteiger partial charge on any atom is -0.494 e. The van der Waals surface area contributed by atoms with Crippen LogP contribution in [0.3, 0.4) is 0 Å².